The van der Waals surface area contributed by atoms with Crippen LogP contribution in [0.5, 0.6) is 5.75 Å². The van der Waals surface area contributed by atoms with E-state index >= 15 is 0 Å². The lowest BCUT2D eigenvalue weighted by atomic mass is 9.44. The molecule has 0 saturated heterocycles. The quantitative estimate of drug-likeness (QED) is 0.619. The van der Waals surface area contributed by atoms with Gasteiger partial charge in [-0.15, -0.1) is 0 Å². The SMILES string of the molecule is O=C(COc1ccc(Cl)c(Cl)c1)NC12CC(NC(=O)c3cc(CO)ccn3)(C1)C2. The van der Waals surface area contributed by atoms with E-state index in [0.717, 1.165) is 0 Å². The van der Waals surface area contributed by atoms with Gasteiger partial charge < -0.3 is 20.5 Å². The van der Waals surface area contributed by atoms with Crippen molar-refractivity contribution >= 4 is 35.0 Å². The number of nitrogens with zero attached hydrogens (tertiary/aromatic N) is 1. The van der Waals surface area contributed by atoms with Gasteiger partial charge in [-0.05, 0) is 49.1 Å². The standard InChI is InChI=1S/C20H19Cl2N3O4/c21-14-2-1-13(6-15(14)22)29-8-17(27)24-19-9-20(10-19,11-19)25-18(28)16-5-12(7-26)3-4-23-16/h1-6,26H,7-11H2,(H,24,27)(H,25,28). The molecule has 2 bridgehead atoms. The largest absolute Gasteiger partial charge is 0.484 e. The van der Waals surface area contributed by atoms with Crippen LogP contribution in [0.1, 0.15) is 35.3 Å². The number of hydrogen-bond acceptors (Lipinski definition) is 5. The van der Waals surface area contributed by atoms with Crippen molar-refractivity contribution < 1.29 is 19.4 Å². The van der Waals surface area contributed by atoms with E-state index in [9.17, 15) is 14.7 Å². The van der Waals surface area contributed by atoms with E-state index in [4.69, 9.17) is 27.9 Å². The highest BCUT2D eigenvalue weighted by Gasteiger charge is 2.69. The van der Waals surface area contributed by atoms with E-state index in [1.54, 1.807) is 30.3 Å². The van der Waals surface area contributed by atoms with Gasteiger partial charge in [0.1, 0.15) is 11.4 Å². The summed E-state index contributed by atoms with van der Waals surface area (Å²) in [5.41, 5.74) is 0.320. The number of benzene rings is 1. The molecule has 3 N–H and O–H groups in total. The molecule has 9 heteroatoms. The van der Waals surface area contributed by atoms with Gasteiger partial charge >= 0.3 is 0 Å². The van der Waals surface area contributed by atoms with Crippen LogP contribution in [0.4, 0.5) is 0 Å². The minimum Gasteiger partial charge on any atom is -0.484 e. The Morgan fingerprint density at radius 1 is 1.07 bits per heavy atom. The Kier molecular flexibility index (Phi) is 5.14. The summed E-state index contributed by atoms with van der Waals surface area (Å²) in [6.45, 7) is -0.273. The van der Waals surface area contributed by atoms with Gasteiger partial charge in [0.25, 0.3) is 11.8 Å². The maximum absolute atomic E-state index is 12.4. The maximum Gasteiger partial charge on any atom is 0.270 e. The normalized spacial score (nSPS) is 24.1. The first-order valence-electron chi connectivity index (χ1n) is 9.09. The van der Waals surface area contributed by atoms with Gasteiger partial charge in [0.2, 0.25) is 0 Å². The lowest BCUT2D eigenvalue weighted by Gasteiger charge is -2.70. The molecule has 1 heterocycles. The predicted octanol–water partition coefficient (Wildman–Crippen LogP) is 2.48. The fraction of sp³-hybridized carbons (Fsp3) is 0.350. The van der Waals surface area contributed by atoms with E-state index in [1.807, 2.05) is 0 Å². The van der Waals surface area contributed by atoms with Crippen LogP contribution >= 0.6 is 23.2 Å². The second kappa shape index (κ2) is 7.48. The number of carbonyl (C=O) groups is 2. The fourth-order valence-corrected chi connectivity index (χ4v) is 4.39. The first-order chi connectivity index (χ1) is 13.8. The highest BCUT2D eigenvalue weighted by Crippen LogP contribution is 2.60. The Bertz CT molecular complexity index is 962. The van der Waals surface area contributed by atoms with Crippen LogP contribution < -0.4 is 15.4 Å². The monoisotopic (exact) mass is 435 g/mol. The smallest absolute Gasteiger partial charge is 0.270 e. The van der Waals surface area contributed by atoms with Crippen molar-refractivity contribution in [3.8, 4) is 5.75 Å². The lowest BCUT2D eigenvalue weighted by Crippen LogP contribution is -2.84. The third-order valence-corrected chi connectivity index (χ3v) is 6.05. The number of rotatable bonds is 7. The molecule has 2 amide bonds. The number of aromatic nitrogens is 1. The van der Waals surface area contributed by atoms with Gasteiger partial charge in [-0.2, -0.15) is 0 Å². The molecule has 1 aromatic heterocycles. The molecule has 0 spiro atoms. The molecule has 3 aliphatic rings. The van der Waals surface area contributed by atoms with Crippen molar-refractivity contribution in [1.82, 2.24) is 15.6 Å². The predicted molar refractivity (Wildman–Crippen MR) is 107 cm³/mol. The van der Waals surface area contributed by atoms with Crippen LogP contribution in [0.25, 0.3) is 0 Å². The number of aliphatic hydroxyl groups is 1. The van der Waals surface area contributed by atoms with Gasteiger partial charge in [0.15, 0.2) is 6.61 Å². The second-order valence-electron chi connectivity index (χ2n) is 7.67. The first-order valence-corrected chi connectivity index (χ1v) is 9.85. The molecule has 0 aliphatic heterocycles. The van der Waals surface area contributed by atoms with Crippen molar-refractivity contribution in [2.45, 2.75) is 36.9 Å². The first kappa shape index (κ1) is 19.9. The number of carbonyl (C=O) groups excluding carboxylic acids is 2. The molecular formula is C20H19Cl2N3O4. The van der Waals surface area contributed by atoms with Gasteiger partial charge in [-0.3, -0.25) is 14.6 Å². The van der Waals surface area contributed by atoms with Gasteiger partial charge in [-0.25, -0.2) is 0 Å². The summed E-state index contributed by atoms with van der Waals surface area (Å²) in [5, 5.41) is 15.9. The summed E-state index contributed by atoms with van der Waals surface area (Å²) < 4.78 is 5.45. The van der Waals surface area contributed by atoms with Crippen molar-refractivity contribution in [3.63, 3.8) is 0 Å². The molecule has 1 aromatic carbocycles. The highest BCUT2D eigenvalue weighted by molar-refractivity contribution is 6.42. The van der Waals surface area contributed by atoms with Crippen LogP contribution in [-0.4, -0.2) is 39.6 Å². The summed E-state index contributed by atoms with van der Waals surface area (Å²) in [6, 6.07) is 8.03. The third-order valence-electron chi connectivity index (χ3n) is 5.31. The Morgan fingerprint density at radius 2 is 1.79 bits per heavy atom. The van der Waals surface area contributed by atoms with Gasteiger partial charge in [-0.1, -0.05) is 23.2 Å². The maximum atomic E-state index is 12.4. The van der Waals surface area contributed by atoms with E-state index in [0.29, 0.717) is 40.6 Å². The lowest BCUT2D eigenvalue weighted by molar-refractivity contribution is -0.141. The number of amides is 2. The van der Waals surface area contributed by atoms with E-state index in [2.05, 4.69) is 15.6 Å². The summed E-state index contributed by atoms with van der Waals surface area (Å²) in [7, 11) is 0. The second-order valence-corrected chi connectivity index (χ2v) is 8.48. The van der Waals surface area contributed by atoms with Crippen LogP contribution in [0.2, 0.25) is 10.0 Å². The van der Waals surface area contributed by atoms with Crippen LogP contribution in [0, 0.1) is 0 Å². The van der Waals surface area contributed by atoms with Crippen LogP contribution in [0.15, 0.2) is 36.5 Å². The molecule has 152 valence electrons. The van der Waals surface area contributed by atoms with Gasteiger partial charge in [0, 0.05) is 23.3 Å². The molecule has 5 rings (SSSR count). The molecule has 0 atom stereocenters. The van der Waals surface area contributed by atoms with Crippen LogP contribution in [0.3, 0.4) is 0 Å². The summed E-state index contributed by atoms with van der Waals surface area (Å²) in [6.07, 6.45) is 3.51. The topological polar surface area (TPSA) is 101 Å². The Labute approximate surface area is 177 Å². The molecule has 2 aromatic rings. The molecule has 29 heavy (non-hydrogen) atoms. The number of pyridine rings is 1. The summed E-state index contributed by atoms with van der Waals surface area (Å²) >= 11 is 11.8. The van der Waals surface area contributed by atoms with Gasteiger partial charge in [0.05, 0.1) is 16.7 Å². The van der Waals surface area contributed by atoms with E-state index in [-0.39, 0.29) is 41.8 Å². The molecule has 7 nitrogen and oxygen atoms in total. The van der Waals surface area contributed by atoms with E-state index < -0.39 is 0 Å². The molecule has 0 unspecified atom stereocenters. The molecular weight excluding hydrogens is 417 g/mol. The Morgan fingerprint density at radius 3 is 2.48 bits per heavy atom. The zero-order valence-corrected chi connectivity index (χ0v) is 16.9. The highest BCUT2D eigenvalue weighted by atomic mass is 35.5. The Hall–Kier alpha value is -2.35. The molecule has 0 radical (unpaired) electrons. The van der Waals surface area contributed by atoms with Crippen molar-refractivity contribution in [2.24, 2.45) is 0 Å². The molecule has 3 saturated carbocycles. The van der Waals surface area contributed by atoms with Crippen LogP contribution in [-0.2, 0) is 11.4 Å². The van der Waals surface area contributed by atoms with E-state index in [1.165, 1.54) is 6.20 Å². The minimum absolute atomic E-state index is 0.128. The van der Waals surface area contributed by atoms with Crippen molar-refractivity contribution in [1.29, 1.82) is 0 Å². The van der Waals surface area contributed by atoms with Crippen molar-refractivity contribution in [2.75, 3.05) is 6.61 Å². The Balaban J connectivity index is 1.24. The molecule has 3 fully saturated rings. The minimum atomic E-state index is -0.300. The number of hydrogen-bond donors (Lipinski definition) is 3. The number of aliphatic hydroxyl groups excluding tert-OH is 1. The van der Waals surface area contributed by atoms with Crippen molar-refractivity contribution in [3.05, 3.63) is 57.8 Å². The number of halogens is 2. The summed E-state index contributed by atoms with van der Waals surface area (Å²) in [5.74, 6) is -0.0376. The summed E-state index contributed by atoms with van der Waals surface area (Å²) in [4.78, 5) is 28.7. The average Bonchev–Trinajstić information content (AvgIpc) is 2.66. The third kappa shape index (κ3) is 4.03. The zero-order chi connectivity index (χ0) is 20.6. The average molecular weight is 436 g/mol. The number of nitrogens with one attached hydrogen (secondary N) is 2. The zero-order valence-electron chi connectivity index (χ0n) is 15.4. The fourth-order valence-electron chi connectivity index (χ4n) is 4.10. The molecule has 3 aliphatic carbocycles. The number of ether oxygens (including phenoxy) is 1.